The number of benzene rings is 2. The smallest absolute Gasteiger partial charge is 0.227 e. The first-order valence-electron chi connectivity index (χ1n) is 9.46. The van der Waals surface area contributed by atoms with Crippen molar-refractivity contribution in [3.63, 3.8) is 0 Å². The predicted molar refractivity (Wildman–Crippen MR) is 111 cm³/mol. The average molecular weight is 411 g/mol. The van der Waals surface area contributed by atoms with Crippen molar-refractivity contribution < 1.29 is 9.18 Å². The summed E-state index contributed by atoms with van der Waals surface area (Å²) in [4.78, 5) is 16.4. The Bertz CT molecular complexity index is 969. The van der Waals surface area contributed by atoms with Crippen molar-refractivity contribution >= 4 is 23.3 Å². The van der Waals surface area contributed by atoms with E-state index in [-0.39, 0.29) is 22.9 Å². The molecule has 1 aliphatic heterocycles. The highest BCUT2D eigenvalue weighted by Gasteiger charge is 2.23. The molecule has 3 aromatic rings. The normalized spacial score (nSPS) is 14.1. The minimum Gasteiger partial charge on any atom is -0.352 e. The quantitative estimate of drug-likeness (QED) is 0.656. The molecule has 0 radical (unpaired) electrons. The molecule has 1 aromatic heterocycles. The third kappa shape index (κ3) is 4.38. The number of nitrogens with zero attached hydrogens (tertiary/aromatic N) is 4. The first-order chi connectivity index (χ1) is 14.1. The molecule has 1 fully saturated rings. The van der Waals surface area contributed by atoms with Gasteiger partial charge < -0.3 is 9.80 Å². The van der Waals surface area contributed by atoms with E-state index in [0.29, 0.717) is 26.2 Å². The molecule has 0 unspecified atom stereocenters. The Morgan fingerprint density at radius 1 is 0.931 bits per heavy atom. The summed E-state index contributed by atoms with van der Waals surface area (Å²) in [7, 11) is 0. The molecule has 0 atom stereocenters. The number of halogens is 2. The Morgan fingerprint density at radius 3 is 2.34 bits per heavy atom. The summed E-state index contributed by atoms with van der Waals surface area (Å²) in [5.74, 6) is 0.217. The van der Waals surface area contributed by atoms with E-state index in [9.17, 15) is 9.18 Å². The Labute approximate surface area is 173 Å². The summed E-state index contributed by atoms with van der Waals surface area (Å²) in [5.41, 5.74) is 2.10. The lowest BCUT2D eigenvalue weighted by Gasteiger charge is -2.35. The Hall–Kier alpha value is -2.99. The van der Waals surface area contributed by atoms with Gasteiger partial charge in [0.15, 0.2) is 5.82 Å². The van der Waals surface area contributed by atoms with Crippen LogP contribution in [-0.4, -0.2) is 47.2 Å². The summed E-state index contributed by atoms with van der Waals surface area (Å²) in [6.45, 7) is 2.40. The maximum absolute atomic E-state index is 13.9. The van der Waals surface area contributed by atoms with Gasteiger partial charge in [0.1, 0.15) is 5.82 Å². The molecule has 5 nitrogen and oxygen atoms in total. The van der Waals surface area contributed by atoms with Crippen LogP contribution in [0.15, 0.2) is 60.7 Å². The van der Waals surface area contributed by atoms with Crippen LogP contribution in [0.5, 0.6) is 0 Å². The fourth-order valence-electron chi connectivity index (χ4n) is 3.41. The molecule has 0 bridgehead atoms. The second kappa shape index (κ2) is 8.57. The monoisotopic (exact) mass is 410 g/mol. The molecule has 29 heavy (non-hydrogen) atoms. The summed E-state index contributed by atoms with van der Waals surface area (Å²) < 4.78 is 13.9. The van der Waals surface area contributed by atoms with Crippen LogP contribution >= 0.6 is 11.6 Å². The van der Waals surface area contributed by atoms with Crippen LogP contribution in [0.2, 0.25) is 5.02 Å². The van der Waals surface area contributed by atoms with Crippen molar-refractivity contribution in [1.82, 2.24) is 15.1 Å². The fraction of sp³-hybridized carbons (Fsp3) is 0.227. The van der Waals surface area contributed by atoms with Gasteiger partial charge in [-0.25, -0.2) is 4.39 Å². The van der Waals surface area contributed by atoms with Gasteiger partial charge in [-0.05, 0) is 24.3 Å². The number of carbonyl (C=O) groups is 1. The van der Waals surface area contributed by atoms with Crippen LogP contribution in [0, 0.1) is 5.82 Å². The Balaban J connectivity index is 1.36. The van der Waals surface area contributed by atoms with E-state index in [4.69, 9.17) is 11.6 Å². The van der Waals surface area contributed by atoms with Crippen molar-refractivity contribution in [2.45, 2.75) is 6.42 Å². The van der Waals surface area contributed by atoms with Crippen molar-refractivity contribution in [3.8, 4) is 11.3 Å². The second-order valence-electron chi connectivity index (χ2n) is 6.89. The zero-order valence-electron chi connectivity index (χ0n) is 15.8. The average Bonchev–Trinajstić information content (AvgIpc) is 2.77. The van der Waals surface area contributed by atoms with E-state index < -0.39 is 5.82 Å². The van der Waals surface area contributed by atoms with Crippen LogP contribution < -0.4 is 4.90 Å². The molecular weight excluding hydrogens is 391 g/mol. The number of aromatic nitrogens is 2. The first-order valence-corrected chi connectivity index (χ1v) is 9.84. The molecule has 1 saturated heterocycles. The molecule has 4 rings (SSSR count). The van der Waals surface area contributed by atoms with Crippen molar-refractivity contribution in [1.29, 1.82) is 0 Å². The zero-order chi connectivity index (χ0) is 20.2. The second-order valence-corrected chi connectivity index (χ2v) is 7.29. The molecule has 0 N–H and O–H groups in total. The minimum absolute atomic E-state index is 0.0307. The first kappa shape index (κ1) is 19.3. The summed E-state index contributed by atoms with van der Waals surface area (Å²) in [6.07, 6.45) is -0.0307. The SMILES string of the molecule is O=C(Cc1c(F)cccc1Cl)N1CCN(c2ccc(-c3ccccc3)nn2)CC1. The van der Waals surface area contributed by atoms with Gasteiger partial charge in [0.2, 0.25) is 5.91 Å². The van der Waals surface area contributed by atoms with Crippen LogP contribution in [0.1, 0.15) is 5.56 Å². The summed E-state index contributed by atoms with van der Waals surface area (Å²) in [6, 6.07) is 18.3. The lowest BCUT2D eigenvalue weighted by molar-refractivity contribution is -0.130. The van der Waals surface area contributed by atoms with Crippen LogP contribution in [0.3, 0.4) is 0 Å². The largest absolute Gasteiger partial charge is 0.352 e. The molecule has 0 saturated carbocycles. The highest BCUT2D eigenvalue weighted by Crippen LogP contribution is 2.22. The fourth-order valence-corrected chi connectivity index (χ4v) is 3.64. The van der Waals surface area contributed by atoms with Gasteiger partial charge in [0.05, 0.1) is 12.1 Å². The molecule has 7 heteroatoms. The Morgan fingerprint density at radius 2 is 1.69 bits per heavy atom. The number of carbonyl (C=O) groups excluding carboxylic acids is 1. The van der Waals surface area contributed by atoms with E-state index >= 15 is 0 Å². The molecule has 148 valence electrons. The molecule has 2 heterocycles. The van der Waals surface area contributed by atoms with Crippen LogP contribution in [-0.2, 0) is 11.2 Å². The number of hydrogen-bond acceptors (Lipinski definition) is 4. The standard InChI is InChI=1S/C22H20ClFN4O/c23-18-7-4-8-19(24)17(18)15-22(29)28-13-11-27(12-14-28)21-10-9-20(25-26-21)16-5-2-1-3-6-16/h1-10H,11-15H2. The van der Waals surface area contributed by atoms with E-state index in [1.165, 1.54) is 12.1 Å². The van der Waals surface area contributed by atoms with Gasteiger partial charge in [-0.2, -0.15) is 0 Å². The van der Waals surface area contributed by atoms with E-state index in [1.54, 1.807) is 11.0 Å². The molecule has 1 aliphatic rings. The van der Waals surface area contributed by atoms with Crippen molar-refractivity contribution in [2.75, 3.05) is 31.1 Å². The lowest BCUT2D eigenvalue weighted by Crippen LogP contribution is -2.49. The van der Waals surface area contributed by atoms with E-state index in [1.807, 2.05) is 42.5 Å². The highest BCUT2D eigenvalue weighted by atomic mass is 35.5. The predicted octanol–water partition coefficient (Wildman–Crippen LogP) is 3.83. The Kier molecular flexibility index (Phi) is 5.71. The number of amides is 1. The van der Waals surface area contributed by atoms with Gasteiger partial charge >= 0.3 is 0 Å². The summed E-state index contributed by atoms with van der Waals surface area (Å²) in [5, 5.41) is 8.95. The number of anilines is 1. The lowest BCUT2D eigenvalue weighted by atomic mass is 10.1. The summed E-state index contributed by atoms with van der Waals surface area (Å²) >= 11 is 6.04. The van der Waals surface area contributed by atoms with Gasteiger partial charge in [0.25, 0.3) is 0 Å². The molecule has 1 amide bonds. The van der Waals surface area contributed by atoms with Crippen LogP contribution in [0.25, 0.3) is 11.3 Å². The third-order valence-electron chi connectivity index (χ3n) is 5.07. The van der Waals surface area contributed by atoms with Gasteiger partial charge in [-0.1, -0.05) is 48.0 Å². The van der Waals surface area contributed by atoms with Gasteiger partial charge in [-0.3, -0.25) is 4.79 Å². The molecule has 0 aliphatic carbocycles. The molecule has 2 aromatic carbocycles. The number of rotatable bonds is 4. The number of piperazine rings is 1. The van der Waals surface area contributed by atoms with Crippen molar-refractivity contribution in [2.24, 2.45) is 0 Å². The highest BCUT2D eigenvalue weighted by molar-refractivity contribution is 6.31. The van der Waals surface area contributed by atoms with Crippen LogP contribution in [0.4, 0.5) is 10.2 Å². The third-order valence-corrected chi connectivity index (χ3v) is 5.42. The number of hydrogen-bond donors (Lipinski definition) is 0. The minimum atomic E-state index is -0.446. The maximum Gasteiger partial charge on any atom is 0.227 e. The van der Waals surface area contributed by atoms with Gasteiger partial charge in [0, 0.05) is 42.3 Å². The van der Waals surface area contributed by atoms with E-state index in [2.05, 4.69) is 15.1 Å². The maximum atomic E-state index is 13.9. The molecular formula is C22H20ClFN4O. The zero-order valence-corrected chi connectivity index (χ0v) is 16.5. The van der Waals surface area contributed by atoms with E-state index in [0.717, 1.165) is 17.1 Å². The van der Waals surface area contributed by atoms with Crippen molar-refractivity contribution in [3.05, 3.63) is 77.1 Å². The van der Waals surface area contributed by atoms with Gasteiger partial charge in [-0.15, -0.1) is 10.2 Å². The topological polar surface area (TPSA) is 49.3 Å². The molecule has 0 spiro atoms.